The van der Waals surface area contributed by atoms with Crippen LogP contribution in [0.5, 0.6) is 0 Å². The zero-order chi connectivity index (χ0) is 18.3. The molecule has 0 unspecified atom stereocenters. The predicted molar refractivity (Wildman–Crippen MR) is 101 cm³/mol. The maximum Gasteiger partial charge on any atom is 0.237 e. The average molecular weight is 396 g/mol. The van der Waals surface area contributed by atoms with Gasteiger partial charge in [-0.25, -0.2) is 0 Å². The molecule has 3 nitrogen and oxygen atoms in total. The van der Waals surface area contributed by atoms with Gasteiger partial charge in [0.15, 0.2) is 4.30 Å². The smallest absolute Gasteiger partial charge is 0.237 e. The van der Waals surface area contributed by atoms with Gasteiger partial charge in [0.25, 0.3) is 0 Å². The number of rotatable bonds is 0. The molecule has 6 heteroatoms. The maximum absolute atomic E-state index is 12.6. The summed E-state index contributed by atoms with van der Waals surface area (Å²) in [4.78, 5) is 24.9. The van der Waals surface area contributed by atoms with Crippen LogP contribution in [0.2, 0.25) is 0 Å². The second-order valence-electron chi connectivity index (χ2n) is 5.69. The normalized spacial score (nSPS) is 12.7. The van der Waals surface area contributed by atoms with Crippen molar-refractivity contribution in [2.24, 2.45) is 0 Å². The topological polar surface area (TPSA) is 47.3 Å². The third-order valence-corrected chi connectivity index (χ3v) is 4.16. The van der Waals surface area contributed by atoms with Gasteiger partial charge < -0.3 is 4.42 Å². The fraction of sp³-hybridized carbons (Fsp3) is 0.158. The van der Waals surface area contributed by atoms with E-state index in [1.54, 1.807) is 6.92 Å². The van der Waals surface area contributed by atoms with Crippen molar-refractivity contribution >= 4 is 57.1 Å². The van der Waals surface area contributed by atoms with Gasteiger partial charge in [-0.15, -0.1) is 0 Å². The highest BCUT2D eigenvalue weighted by atomic mass is 35.6. The predicted octanol–water partition coefficient (Wildman–Crippen LogP) is 6.08. The van der Waals surface area contributed by atoms with Crippen molar-refractivity contribution in [2.45, 2.75) is 18.1 Å². The van der Waals surface area contributed by atoms with Crippen molar-refractivity contribution in [1.82, 2.24) is 0 Å². The molecule has 0 atom stereocenters. The quantitative estimate of drug-likeness (QED) is 0.342. The molecule has 0 N–H and O–H groups in total. The first-order chi connectivity index (χ1) is 11.8. The van der Waals surface area contributed by atoms with E-state index in [0.29, 0.717) is 28.0 Å². The molecule has 0 saturated carbocycles. The number of benzene rings is 2. The van der Waals surface area contributed by atoms with Crippen molar-refractivity contribution in [3.05, 3.63) is 58.8 Å². The van der Waals surface area contributed by atoms with Crippen molar-refractivity contribution in [3.63, 3.8) is 0 Å². The van der Waals surface area contributed by atoms with Crippen LogP contribution in [-0.4, -0.2) is 15.9 Å². The lowest BCUT2D eigenvalue weighted by molar-refractivity contribution is 0.0815. The van der Waals surface area contributed by atoms with Gasteiger partial charge in [0.05, 0.1) is 11.8 Å². The standard InChI is InChI=1S/C18H12O3.CHCl3/c1-9-4-3-5-12-11(9)6-7-13-15(12)17(20)16(19)14-10(2)8-21-18(13)14;2-1(3)4/h3-8H,1-2H3;1H. The number of fused-ring (bicyclic) bond motifs is 5. The van der Waals surface area contributed by atoms with E-state index in [4.69, 9.17) is 39.2 Å². The van der Waals surface area contributed by atoms with Crippen LogP contribution in [0.25, 0.3) is 22.1 Å². The number of hydrogen-bond acceptors (Lipinski definition) is 3. The van der Waals surface area contributed by atoms with Crippen LogP contribution in [0.4, 0.5) is 0 Å². The van der Waals surface area contributed by atoms with Crippen LogP contribution in [0.3, 0.4) is 0 Å². The highest BCUT2D eigenvalue weighted by Gasteiger charge is 2.35. The maximum atomic E-state index is 12.6. The van der Waals surface area contributed by atoms with Crippen LogP contribution >= 0.6 is 34.8 Å². The molecule has 0 aliphatic heterocycles. The molecule has 0 bridgehead atoms. The second-order valence-corrected chi connectivity index (χ2v) is 7.67. The summed E-state index contributed by atoms with van der Waals surface area (Å²) in [5.74, 6) is -0.411. The lowest BCUT2D eigenvalue weighted by atomic mass is 9.84. The van der Waals surface area contributed by atoms with Crippen molar-refractivity contribution in [2.75, 3.05) is 0 Å². The number of Topliss-reactive ketones (excluding diaryl/α,β-unsaturated/α-hetero) is 2. The fourth-order valence-electron chi connectivity index (χ4n) is 3.10. The Kier molecular flexibility index (Phi) is 4.92. The molecule has 1 aromatic heterocycles. The molecule has 0 radical (unpaired) electrons. The molecule has 1 heterocycles. The van der Waals surface area contributed by atoms with Crippen LogP contribution in [0.15, 0.2) is 41.0 Å². The molecule has 0 fully saturated rings. The van der Waals surface area contributed by atoms with Crippen LogP contribution in [0, 0.1) is 13.8 Å². The Balaban J connectivity index is 0.000000415. The fourth-order valence-corrected chi connectivity index (χ4v) is 3.10. The Morgan fingerprint density at radius 3 is 2.16 bits per heavy atom. The van der Waals surface area contributed by atoms with Gasteiger partial charge in [-0.2, -0.15) is 0 Å². The summed E-state index contributed by atoms with van der Waals surface area (Å²) in [5, 5.41) is 1.80. The summed E-state index contributed by atoms with van der Waals surface area (Å²) >= 11 is 14.4. The van der Waals surface area contributed by atoms with E-state index >= 15 is 0 Å². The van der Waals surface area contributed by atoms with Crippen molar-refractivity contribution in [3.8, 4) is 11.3 Å². The third kappa shape index (κ3) is 3.08. The SMILES string of the molecule is Cc1coc2c1C(=O)C(=O)c1c-2ccc2c(C)cccc12.ClC(Cl)Cl. The average Bonchev–Trinajstić information content (AvgIpc) is 2.93. The summed E-state index contributed by atoms with van der Waals surface area (Å²) in [7, 11) is 0. The Morgan fingerprint density at radius 2 is 1.48 bits per heavy atom. The van der Waals surface area contributed by atoms with Gasteiger partial charge in [0.1, 0.15) is 5.76 Å². The minimum atomic E-state index is -0.750. The molecule has 25 heavy (non-hydrogen) atoms. The number of carbonyl (C=O) groups excluding carboxylic acids is 2. The number of carbonyl (C=O) groups is 2. The second kappa shape index (κ2) is 6.83. The summed E-state index contributed by atoms with van der Waals surface area (Å²) in [6.07, 6.45) is 1.53. The van der Waals surface area contributed by atoms with Crippen LogP contribution in [-0.2, 0) is 0 Å². The molecular weight excluding hydrogens is 383 g/mol. The first-order valence-corrected chi connectivity index (χ1v) is 8.76. The van der Waals surface area contributed by atoms with E-state index in [1.165, 1.54) is 6.26 Å². The number of hydrogen-bond donors (Lipinski definition) is 0. The Hall–Kier alpha value is -1.81. The molecule has 2 aromatic carbocycles. The Morgan fingerprint density at radius 1 is 0.840 bits per heavy atom. The molecular formula is C19H13Cl3O3. The van der Waals surface area contributed by atoms with Gasteiger partial charge in [-0.1, -0.05) is 59.1 Å². The van der Waals surface area contributed by atoms with Gasteiger partial charge in [-0.3, -0.25) is 9.59 Å². The number of alkyl halides is 3. The van der Waals surface area contributed by atoms with Gasteiger partial charge >= 0.3 is 0 Å². The molecule has 3 aromatic rings. The van der Waals surface area contributed by atoms with E-state index in [2.05, 4.69) is 0 Å². The molecule has 1 aliphatic rings. The van der Waals surface area contributed by atoms with Crippen molar-refractivity contribution < 1.29 is 14.0 Å². The van der Waals surface area contributed by atoms with Gasteiger partial charge in [0, 0.05) is 11.1 Å². The molecule has 1 aliphatic carbocycles. The molecule has 0 amide bonds. The highest BCUT2D eigenvalue weighted by molar-refractivity contribution is 6.63. The van der Waals surface area contributed by atoms with E-state index in [-0.39, 0.29) is 0 Å². The lowest BCUT2D eigenvalue weighted by Gasteiger charge is -2.16. The Bertz CT molecular complexity index is 1000. The summed E-state index contributed by atoms with van der Waals surface area (Å²) in [5.41, 5.74) is 3.36. The highest BCUT2D eigenvalue weighted by Crippen LogP contribution is 2.39. The minimum Gasteiger partial charge on any atom is -0.463 e. The zero-order valence-corrected chi connectivity index (χ0v) is 15.7. The number of aryl methyl sites for hydroxylation is 2. The van der Waals surface area contributed by atoms with Gasteiger partial charge in [0.2, 0.25) is 11.6 Å². The first kappa shape index (κ1) is 18.0. The molecule has 0 saturated heterocycles. The largest absolute Gasteiger partial charge is 0.463 e. The summed E-state index contributed by atoms with van der Waals surface area (Å²) in [6.45, 7) is 3.77. The Labute approximate surface area is 159 Å². The lowest BCUT2D eigenvalue weighted by Crippen LogP contribution is -2.21. The third-order valence-electron chi connectivity index (χ3n) is 4.16. The number of halogens is 3. The zero-order valence-electron chi connectivity index (χ0n) is 13.4. The van der Waals surface area contributed by atoms with Crippen molar-refractivity contribution in [1.29, 1.82) is 0 Å². The van der Waals surface area contributed by atoms with E-state index < -0.39 is 15.9 Å². The molecule has 0 spiro atoms. The van der Waals surface area contributed by atoms with E-state index in [0.717, 1.165) is 16.3 Å². The van der Waals surface area contributed by atoms with Crippen LogP contribution < -0.4 is 0 Å². The first-order valence-electron chi connectivity index (χ1n) is 7.45. The van der Waals surface area contributed by atoms with E-state index in [1.807, 2.05) is 37.3 Å². The molecule has 128 valence electrons. The van der Waals surface area contributed by atoms with Gasteiger partial charge in [-0.05, 0) is 41.8 Å². The van der Waals surface area contributed by atoms with E-state index in [9.17, 15) is 9.59 Å². The number of furan rings is 1. The minimum absolute atomic E-state index is 0.402. The molecule has 4 rings (SSSR count). The number of ketones is 2. The summed E-state index contributed by atoms with van der Waals surface area (Å²) in [6, 6.07) is 9.63. The monoisotopic (exact) mass is 394 g/mol. The summed E-state index contributed by atoms with van der Waals surface area (Å²) < 4.78 is 4.79. The van der Waals surface area contributed by atoms with Crippen LogP contribution in [0.1, 0.15) is 31.8 Å².